The van der Waals surface area contributed by atoms with E-state index in [0.29, 0.717) is 0 Å². The largest absolute Gasteiger partial charge is 0.0713 e. The molecule has 11 aromatic rings. The van der Waals surface area contributed by atoms with Gasteiger partial charge in [0, 0.05) is 0 Å². The molecule has 0 saturated carbocycles. The summed E-state index contributed by atoms with van der Waals surface area (Å²) in [6, 6.07) is 89.5. The van der Waals surface area contributed by atoms with E-state index in [4.69, 9.17) is 0 Å². The van der Waals surface area contributed by atoms with Crippen LogP contribution in [0.4, 0.5) is 0 Å². The van der Waals surface area contributed by atoms with E-state index in [-0.39, 0.29) is 0 Å². The van der Waals surface area contributed by atoms with Crippen LogP contribution in [0.1, 0.15) is 33.4 Å². The fourth-order valence-electron chi connectivity index (χ4n) is 10.6. The molecule has 0 amide bonds. The number of hydrogen-bond acceptors (Lipinski definition) is 0. The standard InChI is InChI=1S/C63H42/c1-4-18-44(19-5-1)45-35-32-43(33-36-45)34-37-46-38-41-58(51-25-11-10-24-50(46)51)62-56-29-14-12-27-54(56)61(55-28-13-15-30-57(55)62)47-39-40-53-52-26-16-17-31-59(52)63(60(53)42-47,48-20-6-2-7-21-48)49-22-8-3-9-23-49/h1-42H/b37-34+. The molecule has 0 fully saturated rings. The van der Waals surface area contributed by atoms with Crippen LogP contribution in [-0.2, 0) is 5.41 Å². The highest BCUT2D eigenvalue weighted by Gasteiger charge is 2.46. The maximum atomic E-state index is 2.51. The quantitative estimate of drug-likeness (QED) is 0.111. The lowest BCUT2D eigenvalue weighted by Crippen LogP contribution is -2.28. The van der Waals surface area contributed by atoms with Crippen LogP contribution in [0.25, 0.3) is 89.0 Å². The Hall–Kier alpha value is -8.06. The zero-order chi connectivity index (χ0) is 41.7. The molecule has 0 heteroatoms. The van der Waals surface area contributed by atoms with Crippen LogP contribution in [0.2, 0.25) is 0 Å². The first-order chi connectivity index (χ1) is 31.3. The van der Waals surface area contributed by atoms with Gasteiger partial charge in [-0.25, -0.2) is 0 Å². The minimum Gasteiger partial charge on any atom is -0.0622 e. The topological polar surface area (TPSA) is 0 Å². The van der Waals surface area contributed by atoms with Crippen LogP contribution in [-0.4, -0.2) is 0 Å². The fraction of sp³-hybridized carbons (Fsp3) is 0.0159. The van der Waals surface area contributed by atoms with Crippen molar-refractivity contribution in [3.05, 3.63) is 276 Å². The van der Waals surface area contributed by atoms with Gasteiger partial charge in [0.25, 0.3) is 0 Å². The summed E-state index contributed by atoms with van der Waals surface area (Å²) in [5.74, 6) is 0. The zero-order valence-electron chi connectivity index (χ0n) is 34.7. The van der Waals surface area contributed by atoms with Crippen LogP contribution < -0.4 is 0 Å². The minimum atomic E-state index is -0.475. The monoisotopic (exact) mass is 798 g/mol. The van der Waals surface area contributed by atoms with Crippen LogP contribution in [0.15, 0.2) is 243 Å². The molecule has 0 bridgehead atoms. The van der Waals surface area contributed by atoms with Crippen molar-refractivity contribution in [1.82, 2.24) is 0 Å². The third kappa shape index (κ3) is 5.91. The molecule has 0 N–H and O–H groups in total. The first-order valence-electron chi connectivity index (χ1n) is 21.9. The maximum absolute atomic E-state index is 2.51. The summed E-state index contributed by atoms with van der Waals surface area (Å²) in [7, 11) is 0. The van der Waals surface area contributed by atoms with Crippen molar-refractivity contribution in [2.24, 2.45) is 0 Å². The smallest absolute Gasteiger partial charge is 0.0622 e. The maximum Gasteiger partial charge on any atom is 0.0713 e. The highest BCUT2D eigenvalue weighted by atomic mass is 14.5. The van der Waals surface area contributed by atoms with Crippen molar-refractivity contribution >= 4 is 44.5 Å². The molecule has 0 aliphatic heterocycles. The lowest BCUT2D eigenvalue weighted by Gasteiger charge is -2.34. The molecular formula is C63H42. The fourth-order valence-corrected chi connectivity index (χ4v) is 10.6. The number of benzene rings is 11. The van der Waals surface area contributed by atoms with Crippen molar-refractivity contribution in [1.29, 1.82) is 0 Å². The summed E-state index contributed by atoms with van der Waals surface area (Å²) < 4.78 is 0. The second kappa shape index (κ2) is 15.1. The molecule has 0 radical (unpaired) electrons. The van der Waals surface area contributed by atoms with Gasteiger partial charge in [0.05, 0.1) is 5.41 Å². The first-order valence-corrected chi connectivity index (χ1v) is 21.9. The molecule has 0 atom stereocenters. The summed E-state index contributed by atoms with van der Waals surface area (Å²) in [4.78, 5) is 0. The van der Waals surface area contributed by atoms with Crippen molar-refractivity contribution in [2.45, 2.75) is 5.41 Å². The van der Waals surface area contributed by atoms with Gasteiger partial charge < -0.3 is 0 Å². The van der Waals surface area contributed by atoms with E-state index >= 15 is 0 Å². The second-order valence-electron chi connectivity index (χ2n) is 16.7. The van der Waals surface area contributed by atoms with Crippen LogP contribution >= 0.6 is 0 Å². The third-order valence-electron chi connectivity index (χ3n) is 13.4. The van der Waals surface area contributed by atoms with Gasteiger partial charge in [-0.3, -0.25) is 0 Å². The normalized spacial score (nSPS) is 12.8. The molecule has 0 aromatic heterocycles. The SMILES string of the molecule is C(=C\c1ccc(-c2c3ccccc3c(-c3ccc4c(c3)C(c3ccccc3)(c3ccccc3)c3ccccc3-4)c3ccccc23)c2ccccc12)/c1ccc(-c2ccccc2)cc1. The van der Waals surface area contributed by atoms with E-state index in [1.165, 1.54) is 110 Å². The molecule has 0 saturated heterocycles. The average molecular weight is 799 g/mol. The Labute approximate surface area is 368 Å². The summed E-state index contributed by atoms with van der Waals surface area (Å²) >= 11 is 0. The van der Waals surface area contributed by atoms with Gasteiger partial charge >= 0.3 is 0 Å². The Bertz CT molecular complexity index is 3430. The Balaban J connectivity index is 1.04. The Morgan fingerprint density at radius 1 is 0.270 bits per heavy atom. The highest BCUT2D eigenvalue weighted by Crippen LogP contribution is 2.57. The van der Waals surface area contributed by atoms with E-state index in [0.717, 1.165) is 0 Å². The lowest BCUT2D eigenvalue weighted by molar-refractivity contribution is 0.769. The molecule has 294 valence electrons. The molecule has 11 aromatic carbocycles. The highest BCUT2D eigenvalue weighted by molar-refractivity contribution is 6.24. The Morgan fingerprint density at radius 2 is 0.730 bits per heavy atom. The predicted molar refractivity (Wildman–Crippen MR) is 268 cm³/mol. The van der Waals surface area contributed by atoms with E-state index in [2.05, 4.69) is 255 Å². The third-order valence-corrected chi connectivity index (χ3v) is 13.4. The van der Waals surface area contributed by atoms with Gasteiger partial charge in [0.15, 0.2) is 0 Å². The van der Waals surface area contributed by atoms with Crippen molar-refractivity contribution in [3.8, 4) is 44.5 Å². The lowest BCUT2D eigenvalue weighted by atomic mass is 9.67. The molecule has 0 unspecified atom stereocenters. The minimum absolute atomic E-state index is 0.475. The van der Waals surface area contributed by atoms with E-state index < -0.39 is 5.41 Å². The van der Waals surface area contributed by atoms with Gasteiger partial charge in [-0.05, 0) is 116 Å². The number of fused-ring (bicyclic) bond motifs is 6. The Morgan fingerprint density at radius 3 is 1.37 bits per heavy atom. The van der Waals surface area contributed by atoms with Crippen LogP contribution in [0.3, 0.4) is 0 Å². The van der Waals surface area contributed by atoms with E-state index in [1.807, 2.05) is 0 Å². The molecular weight excluding hydrogens is 757 g/mol. The predicted octanol–water partition coefficient (Wildman–Crippen LogP) is 16.7. The first kappa shape index (κ1) is 36.8. The molecule has 1 aliphatic rings. The molecule has 0 heterocycles. The molecule has 12 rings (SSSR count). The summed E-state index contributed by atoms with van der Waals surface area (Å²) in [6.07, 6.45) is 4.50. The van der Waals surface area contributed by atoms with Gasteiger partial charge in [0.1, 0.15) is 0 Å². The summed E-state index contributed by atoms with van der Waals surface area (Å²) in [5.41, 5.74) is 17.1. The molecule has 0 nitrogen and oxygen atoms in total. The Kier molecular flexibility index (Phi) is 8.83. The van der Waals surface area contributed by atoms with Crippen LogP contribution in [0, 0.1) is 0 Å². The van der Waals surface area contributed by atoms with Gasteiger partial charge in [-0.2, -0.15) is 0 Å². The van der Waals surface area contributed by atoms with Gasteiger partial charge in [-0.15, -0.1) is 0 Å². The van der Waals surface area contributed by atoms with Crippen molar-refractivity contribution in [2.75, 3.05) is 0 Å². The van der Waals surface area contributed by atoms with E-state index in [9.17, 15) is 0 Å². The molecule has 1 aliphatic carbocycles. The summed E-state index contributed by atoms with van der Waals surface area (Å²) in [6.45, 7) is 0. The van der Waals surface area contributed by atoms with Crippen molar-refractivity contribution in [3.63, 3.8) is 0 Å². The molecule has 63 heavy (non-hydrogen) atoms. The van der Waals surface area contributed by atoms with Crippen LogP contribution in [0.5, 0.6) is 0 Å². The van der Waals surface area contributed by atoms with Gasteiger partial charge in [0.2, 0.25) is 0 Å². The van der Waals surface area contributed by atoms with Crippen molar-refractivity contribution < 1.29 is 0 Å². The average Bonchev–Trinajstić information content (AvgIpc) is 3.66. The summed E-state index contributed by atoms with van der Waals surface area (Å²) in [5, 5.41) is 7.48. The molecule has 0 spiro atoms. The van der Waals surface area contributed by atoms with Gasteiger partial charge in [-0.1, -0.05) is 249 Å². The zero-order valence-corrected chi connectivity index (χ0v) is 34.7. The number of rotatable bonds is 7. The second-order valence-corrected chi connectivity index (χ2v) is 16.7. The van der Waals surface area contributed by atoms with E-state index in [1.54, 1.807) is 0 Å². The number of hydrogen-bond donors (Lipinski definition) is 0.